The maximum atomic E-state index is 5.79. The van der Waals surface area contributed by atoms with Gasteiger partial charge in [0.15, 0.2) is 0 Å². The van der Waals surface area contributed by atoms with Crippen LogP contribution in [0.15, 0.2) is 24.3 Å². The Morgan fingerprint density at radius 1 is 1.30 bits per heavy atom. The standard InChI is InChI=1S/C17H28N2O/c1-5-16-11-20-13(2)10-19(16)12-17(3,4)14-6-8-15(18)9-7-14/h6-9,13,16H,5,10-12,18H2,1-4H3. The molecule has 2 unspecified atom stereocenters. The maximum Gasteiger partial charge on any atom is 0.0674 e. The molecule has 1 aromatic rings. The molecule has 1 fully saturated rings. The molecular formula is C17H28N2O. The van der Waals surface area contributed by atoms with E-state index in [1.54, 1.807) is 0 Å². The Hall–Kier alpha value is -1.06. The summed E-state index contributed by atoms with van der Waals surface area (Å²) in [5.41, 5.74) is 8.09. The van der Waals surface area contributed by atoms with Gasteiger partial charge in [-0.25, -0.2) is 0 Å². The average Bonchev–Trinajstić information content (AvgIpc) is 2.39. The first-order valence-corrected chi connectivity index (χ1v) is 7.64. The van der Waals surface area contributed by atoms with Crippen molar-refractivity contribution in [3.05, 3.63) is 29.8 Å². The van der Waals surface area contributed by atoms with Crippen LogP contribution in [0.4, 0.5) is 5.69 Å². The molecule has 0 saturated carbocycles. The minimum Gasteiger partial charge on any atom is -0.399 e. The number of rotatable bonds is 4. The third-order valence-corrected chi connectivity index (χ3v) is 4.34. The van der Waals surface area contributed by atoms with Crippen LogP contribution in [0.5, 0.6) is 0 Å². The Balaban J connectivity index is 2.11. The fourth-order valence-corrected chi connectivity index (χ4v) is 3.02. The van der Waals surface area contributed by atoms with E-state index in [1.807, 2.05) is 12.1 Å². The van der Waals surface area contributed by atoms with Gasteiger partial charge in [-0.05, 0) is 31.0 Å². The van der Waals surface area contributed by atoms with Crippen molar-refractivity contribution in [2.24, 2.45) is 0 Å². The molecule has 112 valence electrons. The van der Waals surface area contributed by atoms with Crippen molar-refractivity contribution in [2.45, 2.75) is 51.7 Å². The molecule has 1 heterocycles. The fraction of sp³-hybridized carbons (Fsp3) is 0.647. The fourth-order valence-electron chi connectivity index (χ4n) is 3.02. The molecule has 0 amide bonds. The molecule has 0 spiro atoms. The van der Waals surface area contributed by atoms with Crippen LogP contribution < -0.4 is 5.73 Å². The summed E-state index contributed by atoms with van der Waals surface area (Å²) in [4.78, 5) is 2.59. The van der Waals surface area contributed by atoms with Crippen molar-refractivity contribution >= 4 is 5.69 Å². The smallest absolute Gasteiger partial charge is 0.0674 e. The number of hydrogen-bond donors (Lipinski definition) is 1. The number of nitrogen functional groups attached to an aromatic ring is 1. The maximum absolute atomic E-state index is 5.79. The first kappa shape index (κ1) is 15.3. The van der Waals surface area contributed by atoms with Crippen molar-refractivity contribution in [3.8, 4) is 0 Å². The number of benzene rings is 1. The Morgan fingerprint density at radius 2 is 1.95 bits per heavy atom. The number of anilines is 1. The van der Waals surface area contributed by atoms with Crippen molar-refractivity contribution in [2.75, 3.05) is 25.4 Å². The molecule has 2 rings (SSSR count). The van der Waals surface area contributed by atoms with E-state index in [9.17, 15) is 0 Å². The topological polar surface area (TPSA) is 38.5 Å². The molecule has 2 N–H and O–H groups in total. The first-order valence-electron chi connectivity index (χ1n) is 7.64. The van der Waals surface area contributed by atoms with Gasteiger partial charge >= 0.3 is 0 Å². The van der Waals surface area contributed by atoms with Crippen molar-refractivity contribution in [3.63, 3.8) is 0 Å². The molecule has 2 atom stereocenters. The van der Waals surface area contributed by atoms with E-state index in [0.29, 0.717) is 12.1 Å². The van der Waals surface area contributed by atoms with Gasteiger partial charge in [-0.3, -0.25) is 4.90 Å². The lowest BCUT2D eigenvalue weighted by atomic mass is 9.83. The molecule has 0 aromatic heterocycles. The molecule has 0 radical (unpaired) electrons. The van der Waals surface area contributed by atoms with Crippen LogP contribution >= 0.6 is 0 Å². The highest BCUT2D eigenvalue weighted by Crippen LogP contribution is 2.27. The summed E-state index contributed by atoms with van der Waals surface area (Å²) in [6.07, 6.45) is 1.48. The summed E-state index contributed by atoms with van der Waals surface area (Å²) < 4.78 is 5.79. The third-order valence-electron chi connectivity index (χ3n) is 4.34. The van der Waals surface area contributed by atoms with Crippen molar-refractivity contribution < 1.29 is 4.74 Å². The summed E-state index contributed by atoms with van der Waals surface area (Å²) in [6, 6.07) is 8.84. The summed E-state index contributed by atoms with van der Waals surface area (Å²) in [5.74, 6) is 0. The quantitative estimate of drug-likeness (QED) is 0.859. The summed E-state index contributed by atoms with van der Waals surface area (Å²) in [6.45, 7) is 12.0. The lowest BCUT2D eigenvalue weighted by Gasteiger charge is -2.42. The Morgan fingerprint density at radius 3 is 2.55 bits per heavy atom. The van der Waals surface area contributed by atoms with E-state index < -0.39 is 0 Å². The predicted octanol–water partition coefficient (Wildman–Crippen LogP) is 3.05. The van der Waals surface area contributed by atoms with Gasteiger partial charge in [-0.1, -0.05) is 32.9 Å². The van der Waals surface area contributed by atoms with Crippen LogP contribution in [0.2, 0.25) is 0 Å². The van der Waals surface area contributed by atoms with Gasteiger partial charge in [0.1, 0.15) is 0 Å². The SMILES string of the molecule is CCC1COC(C)CN1CC(C)(C)c1ccc(N)cc1. The number of ether oxygens (including phenoxy) is 1. The van der Waals surface area contributed by atoms with Crippen LogP contribution in [-0.2, 0) is 10.2 Å². The Kier molecular flexibility index (Phi) is 4.71. The first-order chi connectivity index (χ1) is 9.42. The zero-order valence-electron chi connectivity index (χ0n) is 13.2. The van der Waals surface area contributed by atoms with E-state index in [-0.39, 0.29) is 5.41 Å². The molecule has 3 nitrogen and oxygen atoms in total. The third kappa shape index (κ3) is 3.53. The largest absolute Gasteiger partial charge is 0.399 e. The van der Waals surface area contributed by atoms with Gasteiger partial charge in [-0.2, -0.15) is 0 Å². The highest BCUT2D eigenvalue weighted by Gasteiger charge is 2.31. The second-order valence-corrected chi connectivity index (χ2v) is 6.64. The average molecular weight is 276 g/mol. The molecule has 1 aliphatic rings. The summed E-state index contributed by atoms with van der Waals surface area (Å²) >= 11 is 0. The Labute approximate surface area is 123 Å². The second-order valence-electron chi connectivity index (χ2n) is 6.64. The van der Waals surface area contributed by atoms with Gasteiger partial charge in [0.05, 0.1) is 12.7 Å². The highest BCUT2D eigenvalue weighted by molar-refractivity contribution is 5.41. The molecule has 1 saturated heterocycles. The van der Waals surface area contributed by atoms with Crippen LogP contribution in [-0.4, -0.2) is 36.7 Å². The van der Waals surface area contributed by atoms with Crippen LogP contribution in [0, 0.1) is 0 Å². The van der Waals surface area contributed by atoms with E-state index in [4.69, 9.17) is 10.5 Å². The van der Waals surface area contributed by atoms with Gasteiger partial charge in [0.2, 0.25) is 0 Å². The van der Waals surface area contributed by atoms with E-state index in [1.165, 1.54) is 5.56 Å². The normalized spacial score (nSPS) is 24.8. The van der Waals surface area contributed by atoms with Gasteiger partial charge in [-0.15, -0.1) is 0 Å². The zero-order chi connectivity index (χ0) is 14.8. The second kappa shape index (κ2) is 6.15. The van der Waals surface area contributed by atoms with Crippen LogP contribution in [0.3, 0.4) is 0 Å². The van der Waals surface area contributed by atoms with Gasteiger partial charge in [0, 0.05) is 30.2 Å². The minimum absolute atomic E-state index is 0.123. The summed E-state index contributed by atoms with van der Waals surface area (Å²) in [5, 5.41) is 0. The lowest BCUT2D eigenvalue weighted by Crippen LogP contribution is -2.52. The van der Waals surface area contributed by atoms with Crippen LogP contribution in [0.25, 0.3) is 0 Å². The number of nitrogens with two attached hydrogens (primary N) is 1. The van der Waals surface area contributed by atoms with Crippen molar-refractivity contribution in [1.82, 2.24) is 4.90 Å². The minimum atomic E-state index is 0.123. The van der Waals surface area contributed by atoms with Crippen LogP contribution in [0.1, 0.15) is 39.7 Å². The molecule has 20 heavy (non-hydrogen) atoms. The number of nitrogens with zero attached hydrogens (tertiary/aromatic N) is 1. The van der Waals surface area contributed by atoms with Gasteiger partial charge < -0.3 is 10.5 Å². The monoisotopic (exact) mass is 276 g/mol. The predicted molar refractivity (Wildman–Crippen MR) is 84.9 cm³/mol. The van der Waals surface area contributed by atoms with E-state index in [0.717, 1.165) is 31.8 Å². The summed E-state index contributed by atoms with van der Waals surface area (Å²) in [7, 11) is 0. The molecule has 0 aliphatic carbocycles. The number of morpholine rings is 1. The van der Waals surface area contributed by atoms with E-state index >= 15 is 0 Å². The van der Waals surface area contributed by atoms with E-state index in [2.05, 4.69) is 44.7 Å². The number of hydrogen-bond acceptors (Lipinski definition) is 3. The zero-order valence-corrected chi connectivity index (χ0v) is 13.2. The van der Waals surface area contributed by atoms with Gasteiger partial charge in [0.25, 0.3) is 0 Å². The van der Waals surface area contributed by atoms with Crippen molar-refractivity contribution in [1.29, 1.82) is 0 Å². The molecule has 1 aromatic carbocycles. The molecule has 3 heteroatoms. The lowest BCUT2D eigenvalue weighted by molar-refractivity contribution is -0.0613. The highest BCUT2D eigenvalue weighted by atomic mass is 16.5. The molecular weight excluding hydrogens is 248 g/mol. The molecule has 0 bridgehead atoms. The Bertz CT molecular complexity index is 427. The molecule has 1 aliphatic heterocycles.